The van der Waals surface area contributed by atoms with Crippen LogP contribution in [0.4, 0.5) is 5.69 Å². The molecule has 0 bridgehead atoms. The fourth-order valence-electron chi connectivity index (χ4n) is 1.57. The second kappa shape index (κ2) is 4.21. The third-order valence-corrected chi connectivity index (χ3v) is 2.40. The highest BCUT2D eigenvalue weighted by atomic mass is 16.6. The summed E-state index contributed by atoms with van der Waals surface area (Å²) in [6.45, 7) is 1.85. The monoisotopic (exact) mass is 230 g/mol. The molecule has 1 heterocycles. The minimum atomic E-state index is -0.604. The number of nitro groups is 1. The van der Waals surface area contributed by atoms with Crippen molar-refractivity contribution in [3.05, 3.63) is 52.3 Å². The van der Waals surface area contributed by atoms with Crippen LogP contribution in [0, 0.1) is 17.0 Å². The number of hydrogen-bond donors (Lipinski definition) is 1. The molecular formula is C12H10N2O3. The number of nitrogens with zero attached hydrogens (tertiary/aromatic N) is 2. The van der Waals surface area contributed by atoms with Gasteiger partial charge in [0.2, 0.25) is 0 Å². The summed E-state index contributed by atoms with van der Waals surface area (Å²) in [5.74, 6) is -0.329. The van der Waals surface area contributed by atoms with E-state index in [9.17, 15) is 15.2 Å². The quantitative estimate of drug-likeness (QED) is 0.635. The van der Waals surface area contributed by atoms with Crippen LogP contribution >= 0.6 is 0 Å². The zero-order valence-electron chi connectivity index (χ0n) is 9.12. The average molecular weight is 230 g/mol. The Morgan fingerprint density at radius 1 is 1.24 bits per heavy atom. The molecule has 1 aromatic heterocycles. The third kappa shape index (κ3) is 2.23. The van der Waals surface area contributed by atoms with E-state index in [0.29, 0.717) is 5.56 Å². The number of aromatic hydroxyl groups is 1. The third-order valence-electron chi connectivity index (χ3n) is 2.40. The first-order valence-corrected chi connectivity index (χ1v) is 4.98. The lowest BCUT2D eigenvalue weighted by Gasteiger charge is -2.03. The number of nitro benzene ring substituents is 1. The molecule has 0 atom stereocenters. The smallest absolute Gasteiger partial charge is 0.311 e. The van der Waals surface area contributed by atoms with Crippen LogP contribution in [0.25, 0.3) is 11.1 Å². The van der Waals surface area contributed by atoms with Crippen LogP contribution < -0.4 is 0 Å². The maximum atomic E-state index is 10.7. The molecule has 1 N–H and O–H groups in total. The van der Waals surface area contributed by atoms with Gasteiger partial charge in [0.25, 0.3) is 0 Å². The molecule has 2 rings (SSSR count). The van der Waals surface area contributed by atoms with E-state index in [1.54, 1.807) is 18.3 Å². The maximum absolute atomic E-state index is 10.7. The Bertz CT molecular complexity index is 582. The molecule has 2 aromatic rings. The summed E-state index contributed by atoms with van der Waals surface area (Å²) in [7, 11) is 0. The van der Waals surface area contributed by atoms with Gasteiger partial charge >= 0.3 is 5.69 Å². The van der Waals surface area contributed by atoms with Gasteiger partial charge < -0.3 is 5.11 Å². The van der Waals surface area contributed by atoms with Crippen molar-refractivity contribution in [2.24, 2.45) is 0 Å². The van der Waals surface area contributed by atoms with Crippen LogP contribution in [-0.2, 0) is 0 Å². The second-order valence-electron chi connectivity index (χ2n) is 3.65. The molecule has 0 saturated carbocycles. The van der Waals surface area contributed by atoms with E-state index in [0.717, 1.165) is 11.3 Å². The number of phenolic OH excluding ortho intramolecular Hbond substituents is 1. The Morgan fingerprint density at radius 3 is 2.59 bits per heavy atom. The Morgan fingerprint density at radius 2 is 1.94 bits per heavy atom. The van der Waals surface area contributed by atoms with Crippen molar-refractivity contribution in [2.45, 2.75) is 6.92 Å². The fraction of sp³-hybridized carbons (Fsp3) is 0.0833. The van der Waals surface area contributed by atoms with Crippen molar-refractivity contribution in [3.8, 4) is 16.9 Å². The number of pyridine rings is 1. The van der Waals surface area contributed by atoms with Gasteiger partial charge in [-0.05, 0) is 36.2 Å². The van der Waals surface area contributed by atoms with E-state index in [1.807, 2.05) is 13.0 Å². The Balaban J connectivity index is 2.54. The van der Waals surface area contributed by atoms with E-state index in [1.165, 1.54) is 12.1 Å². The Hall–Kier alpha value is -2.43. The molecular weight excluding hydrogens is 220 g/mol. The van der Waals surface area contributed by atoms with Gasteiger partial charge in [-0.25, -0.2) is 0 Å². The highest BCUT2D eigenvalue weighted by Gasteiger charge is 2.14. The lowest BCUT2D eigenvalue weighted by Crippen LogP contribution is -1.90. The molecule has 17 heavy (non-hydrogen) atoms. The van der Waals surface area contributed by atoms with E-state index >= 15 is 0 Å². The fourth-order valence-corrected chi connectivity index (χ4v) is 1.57. The van der Waals surface area contributed by atoms with E-state index in [4.69, 9.17) is 0 Å². The molecule has 0 saturated heterocycles. The maximum Gasteiger partial charge on any atom is 0.311 e. The summed E-state index contributed by atoms with van der Waals surface area (Å²) in [5, 5.41) is 20.1. The highest BCUT2D eigenvalue weighted by Crippen LogP contribution is 2.31. The van der Waals surface area contributed by atoms with Crippen molar-refractivity contribution >= 4 is 5.69 Å². The van der Waals surface area contributed by atoms with Crippen molar-refractivity contribution in [1.29, 1.82) is 0 Å². The number of hydrogen-bond acceptors (Lipinski definition) is 4. The molecule has 0 unspecified atom stereocenters. The number of aryl methyl sites for hydroxylation is 1. The average Bonchev–Trinajstić information content (AvgIpc) is 2.29. The van der Waals surface area contributed by atoms with E-state index in [2.05, 4.69) is 4.98 Å². The molecule has 0 fully saturated rings. The van der Waals surface area contributed by atoms with Gasteiger partial charge in [-0.3, -0.25) is 15.1 Å². The van der Waals surface area contributed by atoms with Crippen LogP contribution in [0.2, 0.25) is 0 Å². The molecule has 0 aliphatic rings. The van der Waals surface area contributed by atoms with Crippen molar-refractivity contribution in [2.75, 3.05) is 0 Å². The SMILES string of the molecule is Cc1cc(-c2ccc(O)c([N+](=O)[O-])c2)ccn1. The lowest BCUT2D eigenvalue weighted by molar-refractivity contribution is -0.385. The molecule has 5 heteroatoms. The minimum Gasteiger partial charge on any atom is -0.502 e. The number of aromatic nitrogens is 1. The van der Waals surface area contributed by atoms with Crippen LogP contribution in [0.15, 0.2) is 36.5 Å². The predicted octanol–water partition coefficient (Wildman–Crippen LogP) is 2.67. The second-order valence-corrected chi connectivity index (χ2v) is 3.65. The number of benzene rings is 1. The molecule has 0 spiro atoms. The van der Waals surface area contributed by atoms with Gasteiger partial charge in [0.15, 0.2) is 5.75 Å². The Labute approximate surface area is 97.5 Å². The van der Waals surface area contributed by atoms with E-state index in [-0.39, 0.29) is 11.4 Å². The predicted molar refractivity (Wildman–Crippen MR) is 62.7 cm³/mol. The summed E-state index contributed by atoms with van der Waals surface area (Å²) >= 11 is 0. The molecule has 0 amide bonds. The van der Waals surface area contributed by atoms with Gasteiger partial charge in [-0.2, -0.15) is 0 Å². The van der Waals surface area contributed by atoms with Crippen LogP contribution in [0.5, 0.6) is 5.75 Å². The topological polar surface area (TPSA) is 76.3 Å². The molecule has 0 radical (unpaired) electrons. The summed E-state index contributed by atoms with van der Waals surface area (Å²) in [5.41, 5.74) is 2.05. The zero-order chi connectivity index (χ0) is 12.4. The molecule has 0 aliphatic carbocycles. The summed E-state index contributed by atoms with van der Waals surface area (Å²) < 4.78 is 0. The summed E-state index contributed by atoms with van der Waals surface area (Å²) in [6, 6.07) is 7.91. The molecule has 0 aliphatic heterocycles. The normalized spacial score (nSPS) is 10.2. The van der Waals surface area contributed by atoms with Crippen LogP contribution in [0.1, 0.15) is 5.69 Å². The first-order chi connectivity index (χ1) is 8.08. The molecule has 86 valence electrons. The number of rotatable bonds is 2. The summed E-state index contributed by atoms with van der Waals surface area (Å²) in [4.78, 5) is 14.2. The van der Waals surface area contributed by atoms with Crippen LogP contribution in [0.3, 0.4) is 0 Å². The minimum absolute atomic E-state index is 0.294. The molecule has 5 nitrogen and oxygen atoms in total. The van der Waals surface area contributed by atoms with Crippen molar-refractivity contribution in [1.82, 2.24) is 4.98 Å². The Kier molecular flexibility index (Phi) is 2.74. The zero-order valence-corrected chi connectivity index (χ0v) is 9.12. The van der Waals surface area contributed by atoms with Gasteiger partial charge in [0.05, 0.1) is 4.92 Å². The number of phenols is 1. The summed E-state index contributed by atoms with van der Waals surface area (Å²) in [6.07, 6.45) is 1.64. The first kappa shape index (κ1) is 11.1. The van der Waals surface area contributed by atoms with Gasteiger partial charge in [-0.1, -0.05) is 6.07 Å². The largest absolute Gasteiger partial charge is 0.502 e. The standard InChI is InChI=1S/C12H10N2O3/c1-8-6-10(4-5-13-8)9-2-3-12(15)11(7-9)14(16)17/h2-7,15H,1H3. The first-order valence-electron chi connectivity index (χ1n) is 4.98. The van der Waals surface area contributed by atoms with E-state index < -0.39 is 4.92 Å². The van der Waals surface area contributed by atoms with Crippen molar-refractivity contribution in [3.63, 3.8) is 0 Å². The van der Waals surface area contributed by atoms with Gasteiger partial charge in [0.1, 0.15) is 0 Å². The van der Waals surface area contributed by atoms with Gasteiger partial charge in [-0.15, -0.1) is 0 Å². The van der Waals surface area contributed by atoms with Crippen LogP contribution in [-0.4, -0.2) is 15.0 Å². The van der Waals surface area contributed by atoms with Gasteiger partial charge in [0, 0.05) is 18.0 Å². The van der Waals surface area contributed by atoms with Crippen molar-refractivity contribution < 1.29 is 10.0 Å². The molecule has 1 aromatic carbocycles. The lowest BCUT2D eigenvalue weighted by atomic mass is 10.1. The highest BCUT2D eigenvalue weighted by molar-refractivity contribution is 5.68.